The summed E-state index contributed by atoms with van der Waals surface area (Å²) in [5.41, 5.74) is 0. The lowest BCUT2D eigenvalue weighted by molar-refractivity contribution is -0.103. The highest BCUT2D eigenvalue weighted by Crippen LogP contribution is 2.24. The van der Waals surface area contributed by atoms with Gasteiger partial charge in [-0.2, -0.15) is 0 Å². The maximum Gasteiger partial charge on any atom is 0.112 e. The first-order valence-corrected chi connectivity index (χ1v) is 4.53. The van der Waals surface area contributed by atoms with E-state index in [9.17, 15) is 0 Å². The molecule has 0 radical (unpaired) electrons. The number of hydrogen-bond donors (Lipinski definition) is 0. The molecule has 2 heteroatoms. The zero-order chi connectivity index (χ0) is 8.27. The van der Waals surface area contributed by atoms with Crippen molar-refractivity contribution in [2.45, 2.75) is 32.4 Å². The van der Waals surface area contributed by atoms with Crippen LogP contribution in [-0.2, 0) is 4.74 Å². The van der Waals surface area contributed by atoms with E-state index in [4.69, 9.17) is 4.74 Å². The molecule has 1 fully saturated rings. The van der Waals surface area contributed by atoms with E-state index < -0.39 is 0 Å². The highest BCUT2D eigenvalue weighted by atomic mass is 16.5. The number of ether oxygens (including phenoxy) is 1. The third-order valence-electron chi connectivity index (χ3n) is 2.44. The Hall–Kier alpha value is -0.0800. The van der Waals surface area contributed by atoms with Gasteiger partial charge in [-0.05, 0) is 39.3 Å². The van der Waals surface area contributed by atoms with Crippen molar-refractivity contribution in [2.24, 2.45) is 5.92 Å². The summed E-state index contributed by atoms with van der Waals surface area (Å²) < 4.78 is 5.67. The van der Waals surface area contributed by atoms with Crippen LogP contribution in [0.1, 0.15) is 26.2 Å². The van der Waals surface area contributed by atoms with Crippen LogP contribution in [0.3, 0.4) is 0 Å². The average molecular weight is 157 g/mol. The van der Waals surface area contributed by atoms with Crippen molar-refractivity contribution < 1.29 is 4.74 Å². The van der Waals surface area contributed by atoms with E-state index in [-0.39, 0.29) is 0 Å². The average Bonchev–Trinajstić information content (AvgIpc) is 2.04. The maximum atomic E-state index is 5.67. The Bertz CT molecular complexity index is 114. The molecule has 0 aromatic carbocycles. The minimum atomic E-state index is 0.369. The third kappa shape index (κ3) is 2.17. The van der Waals surface area contributed by atoms with Gasteiger partial charge in [0.25, 0.3) is 0 Å². The number of nitrogens with zero attached hydrogens (tertiary/aromatic N) is 1. The van der Waals surface area contributed by atoms with E-state index in [1.165, 1.54) is 19.3 Å². The van der Waals surface area contributed by atoms with Crippen molar-refractivity contribution in [2.75, 3.05) is 20.7 Å². The van der Waals surface area contributed by atoms with E-state index in [1.54, 1.807) is 0 Å². The summed E-state index contributed by atoms with van der Waals surface area (Å²) in [6, 6.07) is 0. The van der Waals surface area contributed by atoms with Gasteiger partial charge in [-0.25, -0.2) is 0 Å². The van der Waals surface area contributed by atoms with Gasteiger partial charge in [-0.3, -0.25) is 4.90 Å². The molecule has 1 aliphatic rings. The molecular weight excluding hydrogens is 138 g/mol. The third-order valence-corrected chi connectivity index (χ3v) is 2.44. The molecule has 0 amide bonds. The summed E-state index contributed by atoms with van der Waals surface area (Å²) in [6.07, 6.45) is 4.18. The molecule has 0 bridgehead atoms. The smallest absolute Gasteiger partial charge is 0.112 e. The number of hydrogen-bond acceptors (Lipinski definition) is 2. The van der Waals surface area contributed by atoms with Gasteiger partial charge in [0.15, 0.2) is 0 Å². The van der Waals surface area contributed by atoms with Crippen LogP contribution in [0.15, 0.2) is 0 Å². The van der Waals surface area contributed by atoms with Gasteiger partial charge < -0.3 is 4.74 Å². The largest absolute Gasteiger partial charge is 0.363 e. The maximum absolute atomic E-state index is 5.67. The van der Waals surface area contributed by atoms with Gasteiger partial charge in [0.1, 0.15) is 6.23 Å². The van der Waals surface area contributed by atoms with Crippen LogP contribution < -0.4 is 0 Å². The molecule has 66 valence electrons. The fourth-order valence-electron chi connectivity index (χ4n) is 1.80. The molecule has 2 nitrogen and oxygen atoms in total. The molecule has 2 atom stereocenters. The summed E-state index contributed by atoms with van der Waals surface area (Å²) in [7, 11) is 4.19. The van der Waals surface area contributed by atoms with Crippen LogP contribution in [-0.4, -0.2) is 31.8 Å². The van der Waals surface area contributed by atoms with Gasteiger partial charge in [0.05, 0.1) is 0 Å². The zero-order valence-electron chi connectivity index (χ0n) is 7.84. The SMILES string of the molecule is CCC1CCCOC1N(C)C. The van der Waals surface area contributed by atoms with Crippen molar-refractivity contribution in [3.63, 3.8) is 0 Å². The van der Waals surface area contributed by atoms with Gasteiger partial charge >= 0.3 is 0 Å². The molecule has 1 saturated heterocycles. The van der Waals surface area contributed by atoms with E-state index in [1.807, 2.05) is 0 Å². The van der Waals surface area contributed by atoms with Crippen LogP contribution >= 0.6 is 0 Å². The summed E-state index contributed by atoms with van der Waals surface area (Å²) in [4.78, 5) is 2.19. The molecule has 0 spiro atoms. The van der Waals surface area contributed by atoms with Crippen LogP contribution in [0, 0.1) is 5.92 Å². The second-order valence-electron chi connectivity index (χ2n) is 3.54. The van der Waals surface area contributed by atoms with Gasteiger partial charge in [-0.1, -0.05) is 6.92 Å². The first kappa shape index (κ1) is 9.01. The van der Waals surface area contributed by atoms with E-state index in [2.05, 4.69) is 25.9 Å². The standard InChI is InChI=1S/C9H19NO/c1-4-8-6-5-7-11-9(8)10(2)3/h8-9H,4-7H2,1-3H3. The first-order valence-electron chi connectivity index (χ1n) is 4.53. The predicted molar refractivity (Wildman–Crippen MR) is 46.4 cm³/mol. The Morgan fingerprint density at radius 1 is 1.45 bits per heavy atom. The quantitative estimate of drug-likeness (QED) is 0.605. The lowest BCUT2D eigenvalue weighted by atomic mass is 9.96. The second-order valence-corrected chi connectivity index (χ2v) is 3.54. The molecule has 0 aliphatic carbocycles. The lowest BCUT2D eigenvalue weighted by Crippen LogP contribution is -2.40. The van der Waals surface area contributed by atoms with Crippen molar-refractivity contribution in [3.8, 4) is 0 Å². The number of rotatable bonds is 2. The molecule has 2 unspecified atom stereocenters. The second kappa shape index (κ2) is 4.07. The van der Waals surface area contributed by atoms with Crippen LogP contribution in [0.4, 0.5) is 0 Å². The normalized spacial score (nSPS) is 32.7. The summed E-state index contributed by atoms with van der Waals surface area (Å²) in [6.45, 7) is 3.19. The molecule has 1 heterocycles. The van der Waals surface area contributed by atoms with E-state index >= 15 is 0 Å². The predicted octanol–water partition coefficient (Wildman–Crippen LogP) is 1.71. The highest BCUT2D eigenvalue weighted by molar-refractivity contribution is 4.71. The zero-order valence-corrected chi connectivity index (χ0v) is 7.84. The molecule has 11 heavy (non-hydrogen) atoms. The first-order chi connectivity index (χ1) is 5.25. The summed E-state index contributed by atoms with van der Waals surface area (Å²) in [5.74, 6) is 0.749. The Labute approximate surface area is 69.5 Å². The van der Waals surface area contributed by atoms with E-state index in [0.29, 0.717) is 6.23 Å². The minimum Gasteiger partial charge on any atom is -0.363 e. The molecule has 1 rings (SSSR count). The van der Waals surface area contributed by atoms with Crippen molar-refractivity contribution in [1.82, 2.24) is 4.90 Å². The van der Waals surface area contributed by atoms with Gasteiger partial charge in [0, 0.05) is 6.61 Å². The van der Waals surface area contributed by atoms with Crippen LogP contribution in [0.5, 0.6) is 0 Å². The molecule has 0 N–H and O–H groups in total. The van der Waals surface area contributed by atoms with Crippen LogP contribution in [0.2, 0.25) is 0 Å². The molecule has 0 saturated carbocycles. The fraction of sp³-hybridized carbons (Fsp3) is 1.00. The highest BCUT2D eigenvalue weighted by Gasteiger charge is 2.25. The van der Waals surface area contributed by atoms with Crippen molar-refractivity contribution >= 4 is 0 Å². The monoisotopic (exact) mass is 157 g/mol. The van der Waals surface area contributed by atoms with Gasteiger partial charge in [-0.15, -0.1) is 0 Å². The Morgan fingerprint density at radius 3 is 2.64 bits per heavy atom. The molecule has 0 aromatic rings. The topological polar surface area (TPSA) is 12.5 Å². The molecular formula is C9H19NO. The summed E-state index contributed by atoms with van der Waals surface area (Å²) >= 11 is 0. The molecule has 0 aromatic heterocycles. The van der Waals surface area contributed by atoms with Crippen molar-refractivity contribution in [3.05, 3.63) is 0 Å². The Balaban J connectivity index is 2.44. The van der Waals surface area contributed by atoms with Crippen LogP contribution in [0.25, 0.3) is 0 Å². The fourth-order valence-corrected chi connectivity index (χ4v) is 1.80. The lowest BCUT2D eigenvalue weighted by Gasteiger charge is -2.35. The van der Waals surface area contributed by atoms with E-state index in [0.717, 1.165) is 12.5 Å². The van der Waals surface area contributed by atoms with Gasteiger partial charge in [0.2, 0.25) is 0 Å². The summed E-state index contributed by atoms with van der Waals surface area (Å²) in [5, 5.41) is 0. The Kier molecular flexibility index (Phi) is 3.34. The molecule has 1 aliphatic heterocycles. The minimum absolute atomic E-state index is 0.369. The van der Waals surface area contributed by atoms with Crippen molar-refractivity contribution in [1.29, 1.82) is 0 Å². The Morgan fingerprint density at radius 2 is 2.18 bits per heavy atom.